The lowest BCUT2D eigenvalue weighted by Crippen LogP contribution is -2.58. The van der Waals surface area contributed by atoms with Gasteiger partial charge in [-0.15, -0.1) is 0 Å². The minimum atomic E-state index is -1.79. The first-order valence-electron chi connectivity index (χ1n) is 21.4. The van der Waals surface area contributed by atoms with Crippen LogP contribution in [-0.4, -0.2) is 44.5 Å². The van der Waals surface area contributed by atoms with Crippen molar-refractivity contribution in [1.29, 1.82) is 0 Å². The molecule has 298 valence electrons. The van der Waals surface area contributed by atoms with Crippen molar-refractivity contribution in [3.8, 4) is 23.0 Å². The highest BCUT2D eigenvalue weighted by Crippen LogP contribution is 2.21. The molecule has 55 heavy (non-hydrogen) atoms. The van der Waals surface area contributed by atoms with Crippen molar-refractivity contribution in [1.82, 2.24) is 0 Å². The molecule has 0 aliphatic carbocycles. The van der Waals surface area contributed by atoms with Gasteiger partial charge in [-0.25, -0.2) is 0 Å². The van der Waals surface area contributed by atoms with Crippen molar-refractivity contribution in [2.24, 2.45) is 0 Å². The van der Waals surface area contributed by atoms with Crippen LogP contribution < -0.4 is 39.7 Å². The molecule has 0 aromatic heterocycles. The summed E-state index contributed by atoms with van der Waals surface area (Å²) in [5.74, 6) is 3.76. The third kappa shape index (κ3) is 12.7. The van der Waals surface area contributed by atoms with Crippen LogP contribution in [0.5, 0.6) is 23.0 Å². The van der Waals surface area contributed by atoms with Crippen molar-refractivity contribution < 1.29 is 23.1 Å². The second kappa shape index (κ2) is 24.2. The maximum atomic E-state index is 7.96. The zero-order valence-electron chi connectivity index (χ0n) is 35.3. The van der Waals surface area contributed by atoms with Gasteiger partial charge in [-0.05, 0) is 143 Å². The van der Waals surface area contributed by atoms with E-state index in [4.69, 9.17) is 23.1 Å². The monoisotopic (exact) mass is 780 g/mol. The smallest absolute Gasteiger partial charge is 0.273 e. The summed E-state index contributed by atoms with van der Waals surface area (Å²) in [6, 6.07) is 26.9. The second-order valence-corrected chi connectivity index (χ2v) is 18.5. The fourth-order valence-electron chi connectivity index (χ4n) is 6.65. The van der Waals surface area contributed by atoms with E-state index in [0.29, 0.717) is 0 Å². The quantitative estimate of drug-likeness (QED) is 0.0470. The maximum Gasteiger partial charge on any atom is 0.273 e. The lowest BCUT2D eigenvalue weighted by molar-refractivity contribution is 0.309. The van der Waals surface area contributed by atoms with Crippen LogP contribution >= 0.6 is 0 Å². The Morgan fingerprint density at radius 3 is 0.782 bits per heavy atom. The number of benzene rings is 4. The highest BCUT2D eigenvalue weighted by molar-refractivity contribution is 6.92. The molecule has 4 aromatic rings. The van der Waals surface area contributed by atoms with E-state index in [1.54, 1.807) is 0 Å². The summed E-state index contributed by atoms with van der Waals surface area (Å²) < 4.78 is 32.9. The molecule has 0 atom stereocenters. The molecule has 7 heteroatoms. The molecular weight excluding hydrogens is 713 g/mol. The zero-order chi connectivity index (χ0) is 39.4. The summed E-state index contributed by atoms with van der Waals surface area (Å²) in [6.45, 7) is 20.8. The Hall–Kier alpha value is -3.53. The predicted molar refractivity (Wildman–Crippen MR) is 236 cm³/mol. The van der Waals surface area contributed by atoms with Gasteiger partial charge in [-0.3, -0.25) is 0 Å². The van der Waals surface area contributed by atoms with Crippen LogP contribution in [0.15, 0.2) is 72.8 Å². The van der Waals surface area contributed by atoms with Gasteiger partial charge in [0.05, 0.1) is 26.4 Å². The lowest BCUT2D eigenvalue weighted by Gasteiger charge is -2.29. The number of ether oxygens (including phenoxy) is 4. The first-order chi connectivity index (χ1) is 26.9. The molecule has 0 aliphatic rings. The van der Waals surface area contributed by atoms with Crippen LogP contribution in [0, 0.1) is 0 Å². The molecule has 0 bridgehead atoms. The largest absolute Gasteiger partial charge is 0.494 e. The van der Waals surface area contributed by atoms with Gasteiger partial charge in [-0.1, -0.05) is 105 Å². The van der Waals surface area contributed by atoms with E-state index < -0.39 is 18.1 Å². The fourth-order valence-corrected chi connectivity index (χ4v) is 12.9. The Kier molecular flexibility index (Phi) is 19.4. The Balaban J connectivity index is 1.93. The zero-order valence-corrected chi connectivity index (χ0v) is 37.3. The van der Waals surface area contributed by atoms with Gasteiger partial charge >= 0.3 is 0 Å². The van der Waals surface area contributed by atoms with Gasteiger partial charge in [0.15, 0.2) is 0 Å². The topological polar surface area (TPSA) is 46.2 Å². The van der Waals surface area contributed by atoms with E-state index in [9.17, 15) is 0 Å². The molecule has 0 saturated carbocycles. The summed E-state index contributed by atoms with van der Waals surface area (Å²) in [7, 11) is -3.58. The average Bonchev–Trinajstić information content (AvgIpc) is 3.22. The molecule has 0 amide bonds. The fraction of sp³-hybridized carbons (Fsp3) is 0.500. The first-order valence-corrected chi connectivity index (χ1v) is 24.2. The molecule has 0 aliphatic heterocycles. The number of unbranched alkanes of at least 4 members (excludes halogenated alkanes) is 4. The lowest BCUT2D eigenvalue weighted by atomic mass is 10.1. The van der Waals surface area contributed by atoms with Crippen LogP contribution in [0.2, 0.25) is 0 Å². The summed E-state index contributed by atoms with van der Waals surface area (Å²) in [6.07, 6.45) is 12.2. The molecular formula is C48H68O5Si2. The number of hydrogen-bond acceptors (Lipinski definition) is 5. The van der Waals surface area contributed by atoms with Gasteiger partial charge < -0.3 is 23.1 Å². The van der Waals surface area contributed by atoms with Crippen LogP contribution in [0.25, 0.3) is 0 Å². The predicted octanol–water partition coefficient (Wildman–Crippen LogP) is 9.58. The second-order valence-electron chi connectivity index (χ2n) is 14.3. The van der Waals surface area contributed by atoms with Crippen LogP contribution in [0.3, 0.4) is 0 Å². The van der Waals surface area contributed by atoms with E-state index >= 15 is 0 Å². The summed E-state index contributed by atoms with van der Waals surface area (Å²) in [5, 5.41) is 5.18. The van der Waals surface area contributed by atoms with Gasteiger partial charge in [0, 0.05) is 0 Å². The molecule has 0 unspecified atom stereocenters. The van der Waals surface area contributed by atoms with Gasteiger partial charge in [0.2, 0.25) is 0 Å². The van der Waals surface area contributed by atoms with Crippen molar-refractivity contribution in [3.05, 3.63) is 95.1 Å². The Labute approximate surface area is 337 Å². The molecule has 0 spiro atoms. The molecule has 0 heterocycles. The van der Waals surface area contributed by atoms with Gasteiger partial charge in [0.25, 0.3) is 18.1 Å². The van der Waals surface area contributed by atoms with Gasteiger partial charge in [-0.2, -0.15) is 0 Å². The normalized spacial score (nSPS) is 11.4. The molecule has 0 N–H and O–H groups in total. The standard InChI is InChI=1S/C48H68O5Si2/c1-9-17-29-49-41-21-25-45(37(13-5)33-41)54(46-26-22-42(34-38(46)14-6)50-30-18-10-2)53-55(47-27-23-43(35-39(47)15-7)51-31-19-11-3)48-28-24-44(36-40(48)16-8)52-32-20-12-4/h21-28,33-36H,9-20,29-32H2,1-8H3. The van der Waals surface area contributed by atoms with Gasteiger partial charge in [0.1, 0.15) is 23.0 Å². The summed E-state index contributed by atoms with van der Waals surface area (Å²) in [5.41, 5.74) is 5.17. The van der Waals surface area contributed by atoms with E-state index in [0.717, 1.165) is 126 Å². The molecule has 5 nitrogen and oxygen atoms in total. The van der Waals surface area contributed by atoms with E-state index in [-0.39, 0.29) is 0 Å². The number of rotatable bonds is 26. The minimum Gasteiger partial charge on any atom is -0.494 e. The van der Waals surface area contributed by atoms with E-state index in [1.807, 2.05) is 0 Å². The SMILES string of the molecule is CCCCOc1ccc([Si](O[Si](c2ccc(OCCCC)cc2CC)c2ccc(OCCCC)cc2CC)c2ccc(OCCCC)cc2CC)c(CC)c1. The van der Waals surface area contributed by atoms with E-state index in [1.165, 1.54) is 43.0 Å². The van der Waals surface area contributed by atoms with Crippen molar-refractivity contribution in [2.75, 3.05) is 26.4 Å². The molecule has 0 fully saturated rings. The number of hydrogen-bond donors (Lipinski definition) is 0. The maximum absolute atomic E-state index is 7.96. The number of aryl methyl sites for hydroxylation is 4. The average molecular weight is 781 g/mol. The van der Waals surface area contributed by atoms with Crippen LogP contribution in [-0.2, 0) is 29.8 Å². The first kappa shape index (κ1) is 44.2. The van der Waals surface area contributed by atoms with Crippen molar-refractivity contribution in [2.45, 2.75) is 132 Å². The Morgan fingerprint density at radius 1 is 0.345 bits per heavy atom. The highest BCUT2D eigenvalue weighted by Gasteiger charge is 2.33. The minimum absolute atomic E-state index is 0.732. The van der Waals surface area contributed by atoms with Crippen molar-refractivity contribution in [3.63, 3.8) is 0 Å². The molecule has 4 aromatic carbocycles. The highest BCUT2D eigenvalue weighted by atomic mass is 28.4. The molecule has 4 rings (SSSR count). The third-order valence-corrected chi connectivity index (χ3v) is 15.6. The molecule has 0 saturated heterocycles. The van der Waals surface area contributed by atoms with Crippen LogP contribution in [0.1, 0.15) is 129 Å². The van der Waals surface area contributed by atoms with E-state index in [2.05, 4.69) is 128 Å². The summed E-state index contributed by atoms with van der Waals surface area (Å²) >= 11 is 0. The third-order valence-electron chi connectivity index (χ3n) is 10.1. The van der Waals surface area contributed by atoms with Crippen LogP contribution in [0.4, 0.5) is 0 Å². The Bertz CT molecular complexity index is 1480. The molecule has 2 radical (unpaired) electrons. The Morgan fingerprint density at radius 2 is 0.582 bits per heavy atom. The summed E-state index contributed by atoms with van der Waals surface area (Å²) in [4.78, 5) is 0. The van der Waals surface area contributed by atoms with Crippen molar-refractivity contribution >= 4 is 38.8 Å².